The second-order valence-electron chi connectivity index (χ2n) is 2.59. The maximum absolute atomic E-state index is 12.7. The number of aromatic hydroxyl groups is 1. The number of anilines is 1. The average Bonchev–Trinajstić information content (AvgIpc) is 2.24. The van der Waals surface area contributed by atoms with E-state index in [0.717, 1.165) is 18.3 Å². The van der Waals surface area contributed by atoms with Crippen LogP contribution in [0.2, 0.25) is 0 Å². The van der Waals surface area contributed by atoms with Crippen molar-refractivity contribution in [1.82, 2.24) is 0 Å². The van der Waals surface area contributed by atoms with Crippen LogP contribution in [0.15, 0.2) is 30.0 Å². The summed E-state index contributed by atoms with van der Waals surface area (Å²) in [6, 6.07) is 6.56. The number of benzene rings is 1. The number of allylic oxidation sites excluding steroid dienone is 1. The molecule has 0 radical (unpaired) electrons. The van der Waals surface area contributed by atoms with Gasteiger partial charge in [0.1, 0.15) is 29.3 Å². The van der Waals surface area contributed by atoms with Crippen molar-refractivity contribution in [1.29, 1.82) is 10.5 Å². The Morgan fingerprint density at radius 2 is 2.07 bits per heavy atom. The molecule has 0 amide bonds. The quantitative estimate of drug-likeness (QED) is 0.568. The van der Waals surface area contributed by atoms with Gasteiger partial charge in [0.15, 0.2) is 0 Å². The summed E-state index contributed by atoms with van der Waals surface area (Å²) in [5, 5.41) is 28.5. The zero-order valence-electron chi connectivity index (χ0n) is 7.53. The number of phenolic OH excluding ortho intramolecular Hbond substituents is 1. The van der Waals surface area contributed by atoms with Gasteiger partial charge in [-0.25, -0.2) is 4.39 Å². The van der Waals surface area contributed by atoms with Crippen molar-refractivity contribution in [2.24, 2.45) is 0 Å². The van der Waals surface area contributed by atoms with E-state index in [9.17, 15) is 9.50 Å². The summed E-state index contributed by atoms with van der Waals surface area (Å²) in [5.74, 6) is -0.693. The predicted molar refractivity (Wildman–Crippen MR) is 51.0 cm³/mol. The van der Waals surface area contributed by atoms with Gasteiger partial charge in [0.05, 0.1) is 5.69 Å². The second-order valence-corrected chi connectivity index (χ2v) is 2.59. The molecule has 0 spiro atoms. The molecule has 0 aliphatic carbocycles. The number of nitrogens with one attached hydrogen (secondary N) is 1. The van der Waals surface area contributed by atoms with E-state index < -0.39 is 5.82 Å². The van der Waals surface area contributed by atoms with Gasteiger partial charge in [-0.05, 0) is 12.1 Å². The Kier molecular flexibility index (Phi) is 3.26. The summed E-state index contributed by atoms with van der Waals surface area (Å²) in [7, 11) is 0. The molecule has 1 aromatic carbocycles. The van der Waals surface area contributed by atoms with Crippen molar-refractivity contribution in [2.45, 2.75) is 0 Å². The van der Waals surface area contributed by atoms with Crippen molar-refractivity contribution in [3.8, 4) is 17.9 Å². The summed E-state index contributed by atoms with van der Waals surface area (Å²) in [6.07, 6.45) is 1.09. The number of phenols is 1. The fourth-order valence-corrected chi connectivity index (χ4v) is 0.863. The average molecular weight is 203 g/mol. The van der Waals surface area contributed by atoms with Crippen LogP contribution in [-0.2, 0) is 0 Å². The molecule has 2 N–H and O–H groups in total. The Balaban J connectivity index is 2.92. The van der Waals surface area contributed by atoms with Gasteiger partial charge in [0.25, 0.3) is 0 Å². The van der Waals surface area contributed by atoms with Crippen LogP contribution in [0.1, 0.15) is 0 Å². The molecular weight excluding hydrogens is 197 g/mol. The highest BCUT2D eigenvalue weighted by Gasteiger charge is 2.01. The van der Waals surface area contributed by atoms with Gasteiger partial charge in [-0.15, -0.1) is 0 Å². The van der Waals surface area contributed by atoms with E-state index in [1.165, 1.54) is 6.07 Å². The van der Waals surface area contributed by atoms with Crippen LogP contribution in [-0.4, -0.2) is 5.11 Å². The fourth-order valence-electron chi connectivity index (χ4n) is 0.863. The van der Waals surface area contributed by atoms with Gasteiger partial charge in [-0.2, -0.15) is 10.5 Å². The van der Waals surface area contributed by atoms with Crippen molar-refractivity contribution < 1.29 is 9.50 Å². The van der Waals surface area contributed by atoms with Crippen LogP contribution in [0.5, 0.6) is 5.75 Å². The zero-order chi connectivity index (χ0) is 11.3. The minimum absolute atomic E-state index is 0.0954. The largest absolute Gasteiger partial charge is 0.506 e. The maximum Gasteiger partial charge on any atom is 0.145 e. The van der Waals surface area contributed by atoms with Crippen molar-refractivity contribution >= 4 is 5.69 Å². The van der Waals surface area contributed by atoms with Gasteiger partial charge in [-0.3, -0.25) is 0 Å². The van der Waals surface area contributed by atoms with E-state index in [2.05, 4.69) is 5.32 Å². The first-order chi connectivity index (χ1) is 7.17. The lowest BCUT2D eigenvalue weighted by molar-refractivity contribution is 0.475. The molecule has 1 aromatic rings. The highest BCUT2D eigenvalue weighted by molar-refractivity contribution is 5.58. The molecule has 0 unspecified atom stereocenters. The normalized spacial score (nSPS) is 8.47. The number of hydrogen-bond donors (Lipinski definition) is 2. The molecule has 0 saturated heterocycles. The third-order valence-corrected chi connectivity index (χ3v) is 1.57. The molecule has 0 atom stereocenters. The maximum atomic E-state index is 12.7. The van der Waals surface area contributed by atoms with Crippen LogP contribution in [0.3, 0.4) is 0 Å². The van der Waals surface area contributed by atoms with Crippen LogP contribution in [0.4, 0.5) is 10.1 Å². The topological polar surface area (TPSA) is 79.8 Å². The third-order valence-electron chi connectivity index (χ3n) is 1.57. The lowest BCUT2D eigenvalue weighted by Gasteiger charge is -2.03. The lowest BCUT2D eigenvalue weighted by atomic mass is 10.3. The minimum Gasteiger partial charge on any atom is -0.506 e. The van der Waals surface area contributed by atoms with Gasteiger partial charge < -0.3 is 10.4 Å². The van der Waals surface area contributed by atoms with Gasteiger partial charge in [0, 0.05) is 12.3 Å². The first kappa shape index (κ1) is 10.6. The molecule has 15 heavy (non-hydrogen) atoms. The lowest BCUT2D eigenvalue weighted by Crippen LogP contribution is -1.91. The first-order valence-corrected chi connectivity index (χ1v) is 3.93. The van der Waals surface area contributed by atoms with E-state index in [1.54, 1.807) is 12.1 Å². The van der Waals surface area contributed by atoms with Crippen molar-refractivity contribution in [3.63, 3.8) is 0 Å². The molecule has 74 valence electrons. The van der Waals surface area contributed by atoms with E-state index in [4.69, 9.17) is 10.5 Å². The Morgan fingerprint density at radius 1 is 1.40 bits per heavy atom. The first-order valence-electron chi connectivity index (χ1n) is 3.93. The monoisotopic (exact) mass is 203 g/mol. The summed E-state index contributed by atoms with van der Waals surface area (Å²) in [6.45, 7) is 0. The molecule has 0 fully saturated rings. The Bertz CT molecular complexity index is 466. The fraction of sp³-hybridized carbons (Fsp3) is 0. The smallest absolute Gasteiger partial charge is 0.145 e. The predicted octanol–water partition coefficient (Wildman–Crippen LogP) is 1.87. The van der Waals surface area contributed by atoms with E-state index in [1.807, 2.05) is 0 Å². The highest BCUT2D eigenvalue weighted by atomic mass is 19.1. The van der Waals surface area contributed by atoms with Gasteiger partial charge in [0.2, 0.25) is 0 Å². The molecule has 4 nitrogen and oxygen atoms in total. The Hall–Kier alpha value is -2.53. The molecule has 0 bridgehead atoms. The number of hydrogen-bond acceptors (Lipinski definition) is 4. The molecule has 0 saturated carbocycles. The highest BCUT2D eigenvalue weighted by Crippen LogP contribution is 2.23. The number of nitrogens with zero attached hydrogens (tertiary/aromatic N) is 2. The SMILES string of the molecule is N#CC(C#N)=CNc1cc(F)ccc1O. The summed E-state index contributed by atoms with van der Waals surface area (Å²) < 4.78 is 12.7. The summed E-state index contributed by atoms with van der Waals surface area (Å²) in [4.78, 5) is 0. The third kappa shape index (κ3) is 2.71. The summed E-state index contributed by atoms with van der Waals surface area (Å²) >= 11 is 0. The molecule has 0 aromatic heterocycles. The molecule has 5 heteroatoms. The van der Waals surface area contributed by atoms with Crippen molar-refractivity contribution in [3.05, 3.63) is 35.8 Å². The standard InChI is InChI=1S/C10H6FN3O/c11-8-1-2-10(15)9(3-8)14-6-7(4-12)5-13/h1-3,6,14-15H. The Labute approximate surface area is 85.5 Å². The van der Waals surface area contributed by atoms with Gasteiger partial charge in [-0.1, -0.05) is 0 Å². The number of halogens is 1. The van der Waals surface area contributed by atoms with Crippen LogP contribution >= 0.6 is 0 Å². The molecular formula is C10H6FN3O. The van der Waals surface area contributed by atoms with E-state index in [0.29, 0.717) is 0 Å². The Morgan fingerprint density at radius 3 is 2.67 bits per heavy atom. The van der Waals surface area contributed by atoms with Crippen LogP contribution in [0, 0.1) is 28.5 Å². The molecule has 0 heterocycles. The van der Waals surface area contributed by atoms with Gasteiger partial charge >= 0.3 is 0 Å². The second kappa shape index (κ2) is 4.64. The van der Waals surface area contributed by atoms with E-state index in [-0.39, 0.29) is 17.0 Å². The minimum atomic E-state index is -0.529. The molecule has 0 aliphatic heterocycles. The molecule has 1 rings (SSSR count). The summed E-state index contributed by atoms with van der Waals surface area (Å²) in [5.41, 5.74) is -0.0725. The van der Waals surface area contributed by atoms with Crippen LogP contribution < -0.4 is 5.32 Å². The van der Waals surface area contributed by atoms with E-state index >= 15 is 0 Å². The number of nitriles is 2. The van der Waals surface area contributed by atoms with Crippen molar-refractivity contribution in [2.75, 3.05) is 5.32 Å². The molecule has 0 aliphatic rings. The zero-order valence-corrected chi connectivity index (χ0v) is 7.53. The number of rotatable bonds is 2. The van der Waals surface area contributed by atoms with Crippen LogP contribution in [0.25, 0.3) is 0 Å².